The molecule has 0 unspecified atom stereocenters. The van der Waals surface area contributed by atoms with Gasteiger partial charge in [-0.15, -0.1) is 0 Å². The molecule has 4 rings (SSSR count). The van der Waals surface area contributed by atoms with Crippen LogP contribution in [0.5, 0.6) is 0 Å². The number of hydrogen-bond donors (Lipinski definition) is 2. The van der Waals surface area contributed by atoms with Gasteiger partial charge in [0, 0.05) is 17.3 Å². The second kappa shape index (κ2) is 7.28. The normalized spacial score (nSPS) is 19.4. The fourth-order valence-corrected chi connectivity index (χ4v) is 3.71. The number of carbonyl (C=O) groups excluding carboxylic acids is 1. The summed E-state index contributed by atoms with van der Waals surface area (Å²) in [6.45, 7) is 3.93. The molecule has 2 aromatic carbocycles. The molecule has 130 valence electrons. The van der Waals surface area contributed by atoms with Gasteiger partial charge >= 0.3 is 0 Å². The summed E-state index contributed by atoms with van der Waals surface area (Å²) in [5, 5.41) is 3.22. The molecule has 1 aliphatic carbocycles. The van der Waals surface area contributed by atoms with Crippen molar-refractivity contribution in [1.29, 1.82) is 0 Å². The number of amides is 1. The van der Waals surface area contributed by atoms with E-state index >= 15 is 0 Å². The molecule has 1 saturated carbocycles. The van der Waals surface area contributed by atoms with E-state index in [0.29, 0.717) is 6.04 Å². The summed E-state index contributed by atoms with van der Waals surface area (Å²) in [5.74, 6) is 0.192. The number of nitrogens with one attached hydrogen (secondary N) is 2. The fourth-order valence-electron chi connectivity index (χ4n) is 3.71. The van der Waals surface area contributed by atoms with Crippen molar-refractivity contribution >= 4 is 11.6 Å². The third-order valence-electron chi connectivity index (χ3n) is 5.25. The molecular formula is C21H26N3O+. The Hall–Kier alpha value is -2.33. The van der Waals surface area contributed by atoms with E-state index in [4.69, 9.17) is 0 Å². The Balaban J connectivity index is 1.47. The first-order chi connectivity index (χ1) is 12.3. The van der Waals surface area contributed by atoms with Gasteiger partial charge in [0.2, 0.25) is 0 Å². The molecule has 0 aromatic heterocycles. The first-order valence-corrected chi connectivity index (χ1v) is 9.31. The van der Waals surface area contributed by atoms with Gasteiger partial charge in [0.25, 0.3) is 5.91 Å². The zero-order valence-corrected chi connectivity index (χ0v) is 14.5. The maximum absolute atomic E-state index is 12.9. The SMILES string of the molecule is O=C(NC1CC1)[C@H](c1ccccc1)[NH+]1CCN(c2ccccc2)CC1. The molecule has 2 aliphatic rings. The predicted octanol–water partition coefficient (Wildman–Crippen LogP) is 1.41. The predicted molar refractivity (Wildman–Crippen MR) is 99.7 cm³/mol. The van der Waals surface area contributed by atoms with Crippen LogP contribution >= 0.6 is 0 Å². The minimum absolute atomic E-state index is 0.0975. The topological polar surface area (TPSA) is 36.8 Å². The summed E-state index contributed by atoms with van der Waals surface area (Å²) in [7, 11) is 0. The van der Waals surface area contributed by atoms with E-state index in [9.17, 15) is 4.79 Å². The average Bonchev–Trinajstić information content (AvgIpc) is 3.48. The highest BCUT2D eigenvalue weighted by Gasteiger charge is 2.36. The Morgan fingerprint density at radius 2 is 1.56 bits per heavy atom. The molecule has 1 atom stereocenters. The number of rotatable bonds is 5. The largest absolute Gasteiger partial charge is 0.360 e. The lowest BCUT2D eigenvalue weighted by molar-refractivity contribution is -0.922. The highest BCUT2D eigenvalue weighted by molar-refractivity contribution is 5.82. The molecule has 2 fully saturated rings. The first-order valence-electron chi connectivity index (χ1n) is 9.31. The van der Waals surface area contributed by atoms with E-state index in [-0.39, 0.29) is 11.9 Å². The molecule has 4 nitrogen and oxygen atoms in total. The van der Waals surface area contributed by atoms with Gasteiger partial charge in [-0.05, 0) is 25.0 Å². The molecule has 25 heavy (non-hydrogen) atoms. The van der Waals surface area contributed by atoms with Crippen LogP contribution in [0.15, 0.2) is 60.7 Å². The number of benzene rings is 2. The van der Waals surface area contributed by atoms with Gasteiger partial charge in [-0.3, -0.25) is 4.79 Å². The van der Waals surface area contributed by atoms with E-state index < -0.39 is 0 Å². The summed E-state index contributed by atoms with van der Waals surface area (Å²) < 4.78 is 0. The van der Waals surface area contributed by atoms with E-state index in [1.807, 2.05) is 18.2 Å². The van der Waals surface area contributed by atoms with Gasteiger partial charge in [-0.25, -0.2) is 0 Å². The highest BCUT2D eigenvalue weighted by atomic mass is 16.2. The Bertz CT molecular complexity index is 692. The zero-order chi connectivity index (χ0) is 17.1. The molecular weight excluding hydrogens is 310 g/mol. The van der Waals surface area contributed by atoms with Crippen molar-refractivity contribution in [3.05, 3.63) is 66.2 Å². The molecule has 0 bridgehead atoms. The Kier molecular flexibility index (Phi) is 4.70. The van der Waals surface area contributed by atoms with Crippen molar-refractivity contribution < 1.29 is 9.69 Å². The third kappa shape index (κ3) is 3.85. The van der Waals surface area contributed by atoms with Gasteiger partial charge in [0.15, 0.2) is 6.04 Å². The van der Waals surface area contributed by atoms with Gasteiger partial charge in [0.05, 0.1) is 26.2 Å². The molecule has 0 radical (unpaired) electrons. The minimum atomic E-state index is -0.0975. The summed E-state index contributed by atoms with van der Waals surface area (Å²) >= 11 is 0. The van der Waals surface area contributed by atoms with Crippen molar-refractivity contribution in [2.45, 2.75) is 24.9 Å². The van der Waals surface area contributed by atoms with E-state index in [0.717, 1.165) is 44.6 Å². The molecule has 1 amide bonds. The quantitative estimate of drug-likeness (QED) is 0.866. The molecule has 1 saturated heterocycles. The van der Waals surface area contributed by atoms with Crippen LogP contribution in [0, 0.1) is 0 Å². The molecule has 1 aliphatic heterocycles. The van der Waals surface area contributed by atoms with Crippen molar-refractivity contribution in [1.82, 2.24) is 5.32 Å². The second-order valence-corrected chi connectivity index (χ2v) is 7.11. The Morgan fingerprint density at radius 3 is 2.16 bits per heavy atom. The monoisotopic (exact) mass is 336 g/mol. The van der Waals surface area contributed by atoms with Crippen LogP contribution in [0.2, 0.25) is 0 Å². The van der Waals surface area contributed by atoms with Gasteiger partial charge in [-0.2, -0.15) is 0 Å². The third-order valence-corrected chi connectivity index (χ3v) is 5.25. The minimum Gasteiger partial charge on any atom is -0.360 e. The number of piperazine rings is 1. The maximum atomic E-state index is 12.9. The lowest BCUT2D eigenvalue weighted by Gasteiger charge is -2.37. The van der Waals surface area contributed by atoms with Crippen molar-refractivity contribution in [2.24, 2.45) is 0 Å². The van der Waals surface area contributed by atoms with Crippen molar-refractivity contribution in [2.75, 3.05) is 31.1 Å². The standard InChI is InChI=1S/C21H25N3O/c25-21(22-18-11-12-18)20(17-7-3-1-4-8-17)24-15-13-23(14-16-24)19-9-5-2-6-10-19/h1-10,18,20H,11-16H2,(H,22,25)/p+1/t20-/m0/s1. The molecule has 4 heteroatoms. The summed E-state index contributed by atoms with van der Waals surface area (Å²) in [6, 6.07) is 21.1. The van der Waals surface area contributed by atoms with Crippen LogP contribution in [0.25, 0.3) is 0 Å². The molecule has 2 aromatic rings. The van der Waals surface area contributed by atoms with Gasteiger partial charge in [0.1, 0.15) is 0 Å². The smallest absolute Gasteiger partial charge is 0.283 e. The van der Waals surface area contributed by atoms with Crippen molar-refractivity contribution in [3.8, 4) is 0 Å². The Morgan fingerprint density at radius 1 is 0.960 bits per heavy atom. The number of nitrogens with zero attached hydrogens (tertiary/aromatic N) is 1. The summed E-state index contributed by atoms with van der Waals surface area (Å²) in [6.07, 6.45) is 2.26. The fraction of sp³-hybridized carbons (Fsp3) is 0.381. The van der Waals surface area contributed by atoms with Crippen molar-refractivity contribution in [3.63, 3.8) is 0 Å². The number of quaternary nitrogens is 1. The number of para-hydroxylation sites is 1. The van der Waals surface area contributed by atoms with Crippen LogP contribution in [-0.4, -0.2) is 38.1 Å². The van der Waals surface area contributed by atoms with Gasteiger partial charge < -0.3 is 15.1 Å². The van der Waals surface area contributed by atoms with Crippen LogP contribution in [0.3, 0.4) is 0 Å². The zero-order valence-electron chi connectivity index (χ0n) is 14.5. The lowest BCUT2D eigenvalue weighted by Crippen LogP contribution is -3.16. The number of carbonyl (C=O) groups is 1. The molecule has 1 heterocycles. The number of hydrogen-bond acceptors (Lipinski definition) is 2. The first kappa shape index (κ1) is 16.2. The van der Waals surface area contributed by atoms with E-state index in [2.05, 4.69) is 52.7 Å². The van der Waals surface area contributed by atoms with Crippen LogP contribution in [0.4, 0.5) is 5.69 Å². The maximum Gasteiger partial charge on any atom is 0.283 e. The molecule has 2 N–H and O–H groups in total. The van der Waals surface area contributed by atoms with Gasteiger partial charge in [-0.1, -0.05) is 48.5 Å². The van der Waals surface area contributed by atoms with E-state index in [1.54, 1.807) is 0 Å². The molecule has 0 spiro atoms. The Labute approximate surface area is 149 Å². The average molecular weight is 336 g/mol. The highest BCUT2D eigenvalue weighted by Crippen LogP contribution is 2.21. The second-order valence-electron chi connectivity index (χ2n) is 7.11. The van der Waals surface area contributed by atoms with Crippen LogP contribution in [0.1, 0.15) is 24.4 Å². The number of anilines is 1. The van der Waals surface area contributed by atoms with E-state index in [1.165, 1.54) is 10.6 Å². The van der Waals surface area contributed by atoms with Crippen LogP contribution < -0.4 is 15.1 Å². The summed E-state index contributed by atoms with van der Waals surface area (Å²) in [4.78, 5) is 16.7. The van der Waals surface area contributed by atoms with Crippen LogP contribution in [-0.2, 0) is 4.79 Å². The lowest BCUT2D eigenvalue weighted by atomic mass is 10.0. The summed E-state index contributed by atoms with van der Waals surface area (Å²) in [5.41, 5.74) is 2.41.